The number of aromatic hydroxyl groups is 2. The van der Waals surface area contributed by atoms with E-state index in [0.29, 0.717) is 18.0 Å². The molecule has 116 valence electrons. The zero-order chi connectivity index (χ0) is 15.4. The van der Waals surface area contributed by atoms with E-state index in [-0.39, 0.29) is 23.4 Å². The molecule has 1 aromatic rings. The summed E-state index contributed by atoms with van der Waals surface area (Å²) in [5, 5.41) is 22.4. The van der Waals surface area contributed by atoms with Crippen molar-refractivity contribution in [3.05, 3.63) is 23.8 Å². The second kappa shape index (κ2) is 6.80. The summed E-state index contributed by atoms with van der Waals surface area (Å²) in [6, 6.07) is 4.11. The Bertz CT molecular complexity index is 476. The number of nitrogens with zero attached hydrogens (tertiary/aromatic N) is 1. The van der Waals surface area contributed by atoms with Crippen LogP contribution in [0.25, 0.3) is 0 Å². The van der Waals surface area contributed by atoms with Gasteiger partial charge >= 0.3 is 0 Å². The average Bonchev–Trinajstić information content (AvgIpc) is 2.44. The zero-order valence-electron chi connectivity index (χ0n) is 12.7. The third-order valence-electron chi connectivity index (χ3n) is 3.95. The molecule has 1 heterocycles. The first-order valence-corrected chi connectivity index (χ1v) is 7.52. The first-order valence-electron chi connectivity index (χ1n) is 7.52. The normalized spacial score (nSPS) is 16.1. The molecule has 0 spiro atoms. The molecule has 0 radical (unpaired) electrons. The van der Waals surface area contributed by atoms with Crippen molar-refractivity contribution in [2.45, 2.75) is 32.7 Å². The minimum Gasteiger partial charge on any atom is -0.508 e. The Morgan fingerprint density at radius 2 is 1.81 bits per heavy atom. The fraction of sp³-hybridized carbons (Fsp3) is 0.562. The molecule has 1 aliphatic rings. The maximum Gasteiger partial charge on any atom is 0.254 e. The Balaban J connectivity index is 2.14. The molecule has 5 nitrogen and oxygen atoms in total. The highest BCUT2D eigenvalue weighted by Gasteiger charge is 2.24. The third-order valence-corrected chi connectivity index (χ3v) is 3.95. The number of benzene rings is 1. The van der Waals surface area contributed by atoms with Crippen LogP contribution < -0.4 is 5.32 Å². The maximum absolute atomic E-state index is 12.7. The van der Waals surface area contributed by atoms with Crippen LogP contribution in [0.2, 0.25) is 0 Å². The van der Waals surface area contributed by atoms with Gasteiger partial charge in [0.2, 0.25) is 0 Å². The number of carbonyl (C=O) groups is 1. The van der Waals surface area contributed by atoms with Crippen molar-refractivity contribution in [3.63, 3.8) is 0 Å². The minimum absolute atomic E-state index is 0.0804. The SMILES string of the molecule is CC(C)N(CC1CCNCC1)C(=O)c1cc(O)cc(O)c1. The second-order valence-corrected chi connectivity index (χ2v) is 5.98. The van der Waals surface area contributed by atoms with Crippen molar-refractivity contribution in [3.8, 4) is 11.5 Å². The maximum atomic E-state index is 12.7. The van der Waals surface area contributed by atoms with E-state index in [1.807, 2.05) is 18.7 Å². The Morgan fingerprint density at radius 1 is 1.24 bits per heavy atom. The second-order valence-electron chi connectivity index (χ2n) is 5.98. The summed E-state index contributed by atoms with van der Waals surface area (Å²) in [6.07, 6.45) is 2.14. The van der Waals surface area contributed by atoms with Crippen LogP contribution in [0.3, 0.4) is 0 Å². The van der Waals surface area contributed by atoms with Gasteiger partial charge in [-0.1, -0.05) is 0 Å². The number of amides is 1. The Morgan fingerprint density at radius 3 is 2.33 bits per heavy atom. The number of phenols is 2. The van der Waals surface area contributed by atoms with Gasteiger partial charge in [-0.15, -0.1) is 0 Å². The molecule has 0 saturated carbocycles. The van der Waals surface area contributed by atoms with Gasteiger partial charge in [-0.25, -0.2) is 0 Å². The first-order chi connectivity index (χ1) is 9.97. The van der Waals surface area contributed by atoms with Crippen LogP contribution in [0.1, 0.15) is 37.0 Å². The predicted molar refractivity (Wildman–Crippen MR) is 81.5 cm³/mol. The fourth-order valence-corrected chi connectivity index (χ4v) is 2.76. The van der Waals surface area contributed by atoms with Crippen molar-refractivity contribution in [2.24, 2.45) is 5.92 Å². The zero-order valence-corrected chi connectivity index (χ0v) is 12.7. The van der Waals surface area contributed by atoms with Gasteiger partial charge in [0, 0.05) is 24.2 Å². The van der Waals surface area contributed by atoms with Crippen LogP contribution in [0, 0.1) is 5.92 Å². The molecule has 2 rings (SSSR count). The van der Waals surface area contributed by atoms with E-state index in [0.717, 1.165) is 25.9 Å². The van der Waals surface area contributed by atoms with Gasteiger partial charge < -0.3 is 20.4 Å². The van der Waals surface area contributed by atoms with Crippen molar-refractivity contribution in [1.29, 1.82) is 0 Å². The molecule has 0 unspecified atom stereocenters. The molecule has 0 atom stereocenters. The van der Waals surface area contributed by atoms with E-state index in [1.54, 1.807) is 0 Å². The molecule has 0 aliphatic carbocycles. The number of rotatable bonds is 4. The average molecular weight is 292 g/mol. The van der Waals surface area contributed by atoms with E-state index in [1.165, 1.54) is 18.2 Å². The van der Waals surface area contributed by atoms with Crippen LogP contribution >= 0.6 is 0 Å². The molecule has 0 aromatic heterocycles. The molecule has 1 fully saturated rings. The van der Waals surface area contributed by atoms with Crippen LogP contribution in [0.4, 0.5) is 0 Å². The lowest BCUT2D eigenvalue weighted by atomic mass is 9.96. The topological polar surface area (TPSA) is 72.8 Å². The Hall–Kier alpha value is -1.75. The van der Waals surface area contributed by atoms with Gasteiger partial charge in [0.1, 0.15) is 11.5 Å². The lowest BCUT2D eigenvalue weighted by molar-refractivity contribution is 0.0657. The number of piperidine rings is 1. The monoisotopic (exact) mass is 292 g/mol. The smallest absolute Gasteiger partial charge is 0.254 e. The Kier molecular flexibility index (Phi) is 5.07. The first kappa shape index (κ1) is 15.6. The van der Waals surface area contributed by atoms with Crippen molar-refractivity contribution < 1.29 is 15.0 Å². The lowest BCUT2D eigenvalue weighted by Gasteiger charge is -2.33. The van der Waals surface area contributed by atoms with Crippen molar-refractivity contribution >= 4 is 5.91 Å². The van der Waals surface area contributed by atoms with Crippen LogP contribution in [0.15, 0.2) is 18.2 Å². The summed E-state index contributed by atoms with van der Waals surface area (Å²) in [5.41, 5.74) is 0.329. The molecule has 3 N–H and O–H groups in total. The van der Waals surface area contributed by atoms with E-state index in [4.69, 9.17) is 0 Å². The van der Waals surface area contributed by atoms with Crippen LogP contribution in [-0.2, 0) is 0 Å². The summed E-state index contributed by atoms with van der Waals surface area (Å²) in [6.45, 7) is 6.69. The highest BCUT2D eigenvalue weighted by Crippen LogP contribution is 2.23. The summed E-state index contributed by atoms with van der Waals surface area (Å²) in [4.78, 5) is 14.5. The molecule has 0 bridgehead atoms. The van der Waals surface area contributed by atoms with E-state index in [9.17, 15) is 15.0 Å². The minimum atomic E-state index is -0.144. The molecule has 21 heavy (non-hydrogen) atoms. The van der Waals surface area contributed by atoms with Gasteiger partial charge in [-0.3, -0.25) is 4.79 Å². The quantitative estimate of drug-likeness (QED) is 0.793. The molecular weight excluding hydrogens is 268 g/mol. The van der Waals surface area contributed by atoms with Crippen LogP contribution in [0.5, 0.6) is 11.5 Å². The molecule has 1 amide bonds. The summed E-state index contributed by atoms with van der Waals surface area (Å²) < 4.78 is 0. The van der Waals surface area contributed by atoms with Gasteiger partial charge in [0.05, 0.1) is 0 Å². The number of nitrogens with one attached hydrogen (secondary N) is 1. The molecule has 1 aromatic carbocycles. The predicted octanol–water partition coefficient (Wildman–Crippen LogP) is 1.95. The Labute approximate surface area is 125 Å². The number of hydrogen-bond donors (Lipinski definition) is 3. The largest absolute Gasteiger partial charge is 0.508 e. The summed E-state index contributed by atoms with van der Waals surface area (Å²) >= 11 is 0. The van der Waals surface area contributed by atoms with Gasteiger partial charge in [-0.05, 0) is 57.8 Å². The van der Waals surface area contributed by atoms with Crippen LogP contribution in [-0.4, -0.2) is 46.7 Å². The molecule has 1 saturated heterocycles. The lowest BCUT2D eigenvalue weighted by Crippen LogP contribution is -2.42. The summed E-state index contributed by atoms with van der Waals surface area (Å²) in [5.74, 6) is 0.172. The number of phenolic OH excluding ortho intramolecular Hbond substituents is 2. The van der Waals surface area contributed by atoms with Crippen molar-refractivity contribution in [2.75, 3.05) is 19.6 Å². The molecule has 1 aliphatic heterocycles. The van der Waals surface area contributed by atoms with Crippen molar-refractivity contribution in [1.82, 2.24) is 10.2 Å². The van der Waals surface area contributed by atoms with E-state index >= 15 is 0 Å². The van der Waals surface area contributed by atoms with Gasteiger partial charge in [0.15, 0.2) is 0 Å². The highest BCUT2D eigenvalue weighted by atomic mass is 16.3. The van der Waals surface area contributed by atoms with Gasteiger partial charge in [-0.2, -0.15) is 0 Å². The molecular formula is C16H24N2O3. The van der Waals surface area contributed by atoms with E-state index in [2.05, 4.69) is 5.32 Å². The standard InChI is InChI=1S/C16H24N2O3/c1-11(2)18(10-12-3-5-17-6-4-12)16(21)13-7-14(19)9-15(20)8-13/h7-9,11-12,17,19-20H,3-6,10H2,1-2H3. The number of carbonyl (C=O) groups excluding carboxylic acids is 1. The summed E-state index contributed by atoms with van der Waals surface area (Å²) in [7, 11) is 0. The van der Waals surface area contributed by atoms with E-state index < -0.39 is 0 Å². The third kappa shape index (κ3) is 4.11. The van der Waals surface area contributed by atoms with Gasteiger partial charge in [0.25, 0.3) is 5.91 Å². The fourth-order valence-electron chi connectivity index (χ4n) is 2.76. The molecule has 5 heteroatoms. The number of hydrogen-bond acceptors (Lipinski definition) is 4. The highest BCUT2D eigenvalue weighted by molar-refractivity contribution is 5.95.